The number of amidine groups is 1. The van der Waals surface area contributed by atoms with E-state index >= 15 is 4.39 Å². The van der Waals surface area contributed by atoms with Gasteiger partial charge in [-0.15, -0.1) is 11.8 Å². The van der Waals surface area contributed by atoms with E-state index in [1.54, 1.807) is 33.2 Å². The van der Waals surface area contributed by atoms with Gasteiger partial charge in [0.2, 0.25) is 0 Å². The van der Waals surface area contributed by atoms with Crippen molar-refractivity contribution in [2.45, 2.75) is 62.4 Å². The zero-order chi connectivity index (χ0) is 28.6. The van der Waals surface area contributed by atoms with Crippen molar-refractivity contribution >= 4 is 23.9 Å². The second-order valence-electron chi connectivity index (χ2n) is 9.89. The molecule has 3 heterocycles. The number of rotatable bonds is 4. The Bertz CT molecular complexity index is 1390. The monoisotopic (exact) mass is 567 g/mol. The third-order valence-corrected chi connectivity index (χ3v) is 6.27. The number of aliphatic imine (C=N–C) groups is 1. The summed E-state index contributed by atoms with van der Waals surface area (Å²) in [4.78, 5) is 25.7. The highest BCUT2D eigenvalue weighted by atomic mass is 32.2. The van der Waals surface area contributed by atoms with Crippen LogP contribution < -0.4 is 5.32 Å². The van der Waals surface area contributed by atoms with E-state index in [1.165, 1.54) is 36.9 Å². The zero-order valence-corrected chi connectivity index (χ0v) is 22.4. The number of carbonyl (C=O) groups is 1. The fraction of sp³-hybridized carbons (Fsp3) is 0.400. The number of benzene rings is 1. The molecule has 2 aromatic heterocycles. The van der Waals surface area contributed by atoms with Gasteiger partial charge in [0.05, 0.1) is 5.54 Å². The van der Waals surface area contributed by atoms with Crippen LogP contribution in [0.1, 0.15) is 39.7 Å². The lowest BCUT2D eigenvalue weighted by molar-refractivity contribution is -0.208. The van der Waals surface area contributed by atoms with Crippen LogP contribution in [-0.2, 0) is 15.0 Å². The lowest BCUT2D eigenvalue weighted by Gasteiger charge is -2.37. The molecule has 0 saturated heterocycles. The Hall–Kier alpha value is -3.68. The van der Waals surface area contributed by atoms with E-state index < -0.39 is 47.8 Å². The first-order chi connectivity index (χ1) is 18.2. The third-order valence-electron chi connectivity index (χ3n) is 5.59. The summed E-state index contributed by atoms with van der Waals surface area (Å²) in [5.74, 6) is -0.292. The molecule has 1 aromatic carbocycles. The number of nitrogens with one attached hydrogen (secondary N) is 1. The van der Waals surface area contributed by atoms with Gasteiger partial charge in [0.1, 0.15) is 11.4 Å². The van der Waals surface area contributed by atoms with E-state index in [0.717, 1.165) is 11.0 Å². The molecule has 0 aliphatic carbocycles. The molecular formula is C25H25F4N5O4S. The number of amides is 1. The van der Waals surface area contributed by atoms with Crippen LogP contribution in [0.3, 0.4) is 0 Å². The minimum absolute atomic E-state index is 0.167. The second kappa shape index (κ2) is 10.5. The summed E-state index contributed by atoms with van der Waals surface area (Å²) >= 11 is 1.47. The Morgan fingerprint density at radius 3 is 2.49 bits per heavy atom. The number of thioether (sulfide) groups is 1. The first kappa shape index (κ1) is 28.3. The number of hydrogen-bond donors (Lipinski definition) is 1. The fourth-order valence-electron chi connectivity index (χ4n) is 3.80. The van der Waals surface area contributed by atoms with Gasteiger partial charge in [-0.25, -0.2) is 29.5 Å². The molecule has 0 spiro atoms. The number of aromatic nitrogens is 3. The van der Waals surface area contributed by atoms with Gasteiger partial charge in [0, 0.05) is 40.9 Å². The van der Waals surface area contributed by atoms with E-state index in [2.05, 4.69) is 25.4 Å². The van der Waals surface area contributed by atoms with Gasteiger partial charge in [0.15, 0.2) is 23.4 Å². The minimum atomic E-state index is -4.82. The number of nitrogens with zero attached hydrogens (tertiary/aromatic N) is 4. The van der Waals surface area contributed by atoms with Crippen LogP contribution in [0.4, 0.5) is 22.4 Å². The van der Waals surface area contributed by atoms with Crippen LogP contribution in [0.15, 0.2) is 51.1 Å². The second-order valence-corrected chi connectivity index (χ2v) is 10.8. The fourth-order valence-corrected chi connectivity index (χ4v) is 4.11. The lowest BCUT2D eigenvalue weighted by Crippen LogP contribution is -2.49. The number of alkyl halides is 3. The summed E-state index contributed by atoms with van der Waals surface area (Å²) in [5, 5.41) is 6.06. The van der Waals surface area contributed by atoms with Crippen molar-refractivity contribution in [2.75, 3.05) is 6.26 Å². The highest BCUT2D eigenvalue weighted by Gasteiger charge is 2.50. The third kappa shape index (κ3) is 6.67. The van der Waals surface area contributed by atoms with Crippen LogP contribution in [0.25, 0.3) is 22.8 Å². The summed E-state index contributed by atoms with van der Waals surface area (Å²) in [6, 6.07) is 4.61. The van der Waals surface area contributed by atoms with Crippen LogP contribution in [0, 0.1) is 5.82 Å². The van der Waals surface area contributed by atoms with Crippen molar-refractivity contribution in [3.63, 3.8) is 0 Å². The summed E-state index contributed by atoms with van der Waals surface area (Å²) in [5.41, 5.74) is -2.22. The van der Waals surface area contributed by atoms with Crippen LogP contribution in [0.2, 0.25) is 0 Å². The van der Waals surface area contributed by atoms with Crippen LogP contribution in [0.5, 0.6) is 0 Å². The first-order valence-corrected chi connectivity index (χ1v) is 12.9. The smallest absolute Gasteiger partial charge is 0.425 e. The van der Waals surface area contributed by atoms with Crippen LogP contribution >= 0.6 is 11.8 Å². The Kier molecular flexibility index (Phi) is 7.61. The SMILES string of the molecule is CSc1cnc(-c2cc(-c3ccc(F)c([C@]4(C)C[C@@H](C(F)(F)F)OC(NC(=O)OC(C)(C)C)=N4)c3)on2)nc1. The van der Waals surface area contributed by atoms with E-state index in [9.17, 15) is 18.0 Å². The maximum atomic E-state index is 15.1. The van der Waals surface area contributed by atoms with Crippen LogP contribution in [-0.4, -0.2) is 51.4 Å². The van der Waals surface area contributed by atoms with Crippen molar-refractivity contribution in [2.24, 2.45) is 4.99 Å². The van der Waals surface area contributed by atoms with Gasteiger partial charge in [-0.05, 0) is 52.1 Å². The van der Waals surface area contributed by atoms with Gasteiger partial charge in [-0.1, -0.05) is 5.16 Å². The molecule has 3 aromatic rings. The molecule has 9 nitrogen and oxygen atoms in total. The molecule has 1 aliphatic rings. The summed E-state index contributed by atoms with van der Waals surface area (Å²) < 4.78 is 71.9. The van der Waals surface area contributed by atoms with Crippen molar-refractivity contribution in [3.8, 4) is 22.8 Å². The number of halogens is 4. The molecule has 2 atom stereocenters. The van der Waals surface area contributed by atoms with E-state index in [-0.39, 0.29) is 11.3 Å². The Balaban J connectivity index is 1.69. The van der Waals surface area contributed by atoms with Gasteiger partial charge >= 0.3 is 12.3 Å². The van der Waals surface area contributed by atoms with Crippen molar-refractivity contribution in [3.05, 3.63) is 48.0 Å². The Labute approximate surface area is 225 Å². The Morgan fingerprint density at radius 2 is 1.87 bits per heavy atom. The number of carbonyl (C=O) groups excluding carboxylic acids is 1. The van der Waals surface area contributed by atoms with E-state index in [4.69, 9.17) is 14.0 Å². The standard InChI is InChI=1S/C25H25F4N5O4S/c1-23(2,3)37-22(35)32-21-33-24(4,10-19(36-21)25(27,28)29)15-8-13(6-7-16(15)26)18-9-17(34-38-18)20-30-11-14(39-5)12-31-20/h6-9,11-12,19H,10H2,1-5H3,(H,32,33,35)/t19-,24-/m0/s1. The normalized spacial score (nSPS) is 19.7. The molecule has 0 radical (unpaired) electrons. The molecule has 0 unspecified atom stereocenters. The van der Waals surface area contributed by atoms with Gasteiger partial charge < -0.3 is 14.0 Å². The molecule has 0 fully saturated rings. The average molecular weight is 568 g/mol. The van der Waals surface area contributed by atoms with E-state index in [0.29, 0.717) is 17.1 Å². The topological polar surface area (TPSA) is 112 Å². The molecule has 14 heteroatoms. The number of hydrogen-bond acceptors (Lipinski definition) is 9. The Morgan fingerprint density at radius 1 is 1.18 bits per heavy atom. The number of ether oxygens (including phenoxy) is 2. The molecule has 39 heavy (non-hydrogen) atoms. The highest BCUT2D eigenvalue weighted by Crippen LogP contribution is 2.42. The van der Waals surface area contributed by atoms with Gasteiger partial charge in [0.25, 0.3) is 6.02 Å². The predicted octanol–water partition coefficient (Wildman–Crippen LogP) is 6.11. The molecule has 1 amide bonds. The summed E-state index contributed by atoms with van der Waals surface area (Å²) in [7, 11) is 0. The first-order valence-electron chi connectivity index (χ1n) is 11.6. The maximum Gasteiger partial charge on any atom is 0.425 e. The molecule has 0 bridgehead atoms. The number of alkyl carbamates (subject to hydrolysis) is 1. The largest absolute Gasteiger partial charge is 0.452 e. The highest BCUT2D eigenvalue weighted by molar-refractivity contribution is 7.98. The van der Waals surface area contributed by atoms with E-state index in [1.807, 2.05) is 6.26 Å². The predicted molar refractivity (Wildman–Crippen MR) is 134 cm³/mol. The molecular weight excluding hydrogens is 542 g/mol. The molecule has 208 valence electrons. The molecule has 1 aliphatic heterocycles. The minimum Gasteiger partial charge on any atom is -0.452 e. The van der Waals surface area contributed by atoms with Crippen molar-refractivity contribution < 1.29 is 36.4 Å². The average Bonchev–Trinajstić information content (AvgIpc) is 3.32. The summed E-state index contributed by atoms with van der Waals surface area (Å²) in [6.07, 6.45) is -3.86. The van der Waals surface area contributed by atoms with Crippen molar-refractivity contribution in [1.82, 2.24) is 20.4 Å². The molecule has 4 rings (SSSR count). The van der Waals surface area contributed by atoms with Crippen molar-refractivity contribution in [1.29, 1.82) is 0 Å². The van der Waals surface area contributed by atoms with Gasteiger partial charge in [-0.3, -0.25) is 0 Å². The quantitative estimate of drug-likeness (QED) is 0.297. The summed E-state index contributed by atoms with van der Waals surface area (Å²) in [6.45, 7) is 6.07. The van der Waals surface area contributed by atoms with Gasteiger partial charge in [-0.2, -0.15) is 13.2 Å². The lowest BCUT2D eigenvalue weighted by atomic mass is 9.84. The zero-order valence-electron chi connectivity index (χ0n) is 21.6. The molecule has 0 saturated carbocycles. The maximum absolute atomic E-state index is 15.1. The molecule has 1 N–H and O–H groups in total.